The number of thioether (sulfide) groups is 1. The molecule has 2 N–H and O–H groups in total. The SMILES string of the molecule is CC(=O)SC1CCC(C(C)O)NC1. The number of carbonyl (C=O) groups is 1. The molecule has 76 valence electrons. The predicted molar refractivity (Wildman–Crippen MR) is 54.8 cm³/mol. The molecule has 1 aliphatic rings. The maximum absolute atomic E-state index is 10.8. The van der Waals surface area contributed by atoms with Crippen molar-refractivity contribution < 1.29 is 9.90 Å². The lowest BCUT2D eigenvalue weighted by atomic mass is 10.0. The maximum Gasteiger partial charge on any atom is 0.186 e. The van der Waals surface area contributed by atoms with Crippen molar-refractivity contribution in [2.45, 2.75) is 44.1 Å². The van der Waals surface area contributed by atoms with Gasteiger partial charge in [-0.15, -0.1) is 0 Å². The van der Waals surface area contributed by atoms with Crippen LogP contribution in [-0.2, 0) is 4.79 Å². The van der Waals surface area contributed by atoms with E-state index in [1.54, 1.807) is 13.8 Å². The van der Waals surface area contributed by atoms with Gasteiger partial charge in [-0.05, 0) is 19.8 Å². The van der Waals surface area contributed by atoms with Crippen LogP contribution >= 0.6 is 11.8 Å². The van der Waals surface area contributed by atoms with Crippen LogP contribution in [0, 0.1) is 0 Å². The Morgan fingerprint density at radius 2 is 2.31 bits per heavy atom. The highest BCUT2D eigenvalue weighted by atomic mass is 32.2. The topological polar surface area (TPSA) is 49.3 Å². The molecule has 4 heteroatoms. The van der Waals surface area contributed by atoms with E-state index in [0.717, 1.165) is 19.4 Å². The quantitative estimate of drug-likeness (QED) is 0.696. The fourth-order valence-corrected chi connectivity index (χ4v) is 2.50. The van der Waals surface area contributed by atoms with Gasteiger partial charge in [-0.3, -0.25) is 4.79 Å². The summed E-state index contributed by atoms with van der Waals surface area (Å²) in [7, 11) is 0. The number of piperidine rings is 1. The van der Waals surface area contributed by atoms with Crippen LogP contribution in [-0.4, -0.2) is 34.2 Å². The van der Waals surface area contributed by atoms with Crippen molar-refractivity contribution in [1.82, 2.24) is 5.32 Å². The Balaban J connectivity index is 2.26. The van der Waals surface area contributed by atoms with Crippen molar-refractivity contribution >= 4 is 16.9 Å². The standard InChI is InChI=1S/C9H17NO2S/c1-6(11)9-4-3-8(5-10-9)13-7(2)12/h6,8-11H,3-5H2,1-2H3. The third kappa shape index (κ3) is 3.67. The van der Waals surface area contributed by atoms with Gasteiger partial charge in [-0.2, -0.15) is 0 Å². The van der Waals surface area contributed by atoms with Crippen LogP contribution in [0.2, 0.25) is 0 Å². The van der Waals surface area contributed by atoms with Crippen LogP contribution < -0.4 is 5.32 Å². The highest BCUT2D eigenvalue weighted by Gasteiger charge is 2.24. The van der Waals surface area contributed by atoms with Gasteiger partial charge >= 0.3 is 0 Å². The van der Waals surface area contributed by atoms with Crippen LogP contribution in [0.25, 0.3) is 0 Å². The molecule has 0 aliphatic carbocycles. The summed E-state index contributed by atoms with van der Waals surface area (Å²) >= 11 is 1.41. The maximum atomic E-state index is 10.8. The number of aliphatic hydroxyl groups is 1. The van der Waals surface area contributed by atoms with E-state index in [0.29, 0.717) is 5.25 Å². The van der Waals surface area contributed by atoms with Crippen LogP contribution in [0.15, 0.2) is 0 Å². The molecule has 1 rings (SSSR count). The van der Waals surface area contributed by atoms with E-state index in [9.17, 15) is 9.90 Å². The van der Waals surface area contributed by atoms with Crippen LogP contribution in [0.5, 0.6) is 0 Å². The molecule has 0 aromatic rings. The highest BCUT2D eigenvalue weighted by molar-refractivity contribution is 8.14. The van der Waals surface area contributed by atoms with E-state index in [1.165, 1.54) is 11.8 Å². The molecular formula is C9H17NO2S. The van der Waals surface area contributed by atoms with Gasteiger partial charge in [0.1, 0.15) is 0 Å². The Kier molecular flexibility index (Phi) is 4.22. The molecule has 0 amide bonds. The zero-order valence-electron chi connectivity index (χ0n) is 8.12. The lowest BCUT2D eigenvalue weighted by molar-refractivity contribution is -0.109. The number of hydrogen-bond acceptors (Lipinski definition) is 4. The number of rotatable bonds is 2. The third-order valence-corrected chi connectivity index (χ3v) is 3.39. The lowest BCUT2D eigenvalue weighted by Gasteiger charge is -2.30. The first-order chi connectivity index (χ1) is 6.09. The molecular weight excluding hydrogens is 186 g/mol. The van der Waals surface area contributed by atoms with E-state index in [2.05, 4.69) is 5.32 Å². The van der Waals surface area contributed by atoms with E-state index in [4.69, 9.17) is 0 Å². The van der Waals surface area contributed by atoms with E-state index >= 15 is 0 Å². The lowest BCUT2D eigenvalue weighted by Crippen LogP contribution is -2.46. The van der Waals surface area contributed by atoms with Gasteiger partial charge in [0.2, 0.25) is 0 Å². The second-order valence-electron chi connectivity index (χ2n) is 3.56. The highest BCUT2D eigenvalue weighted by Crippen LogP contribution is 2.22. The van der Waals surface area contributed by atoms with Gasteiger partial charge in [0.05, 0.1) is 6.10 Å². The van der Waals surface area contributed by atoms with Crippen LogP contribution in [0.1, 0.15) is 26.7 Å². The number of hydrogen-bond donors (Lipinski definition) is 2. The van der Waals surface area contributed by atoms with Crippen LogP contribution in [0.4, 0.5) is 0 Å². The second-order valence-corrected chi connectivity index (χ2v) is 5.04. The minimum Gasteiger partial charge on any atom is -0.392 e. The molecule has 1 saturated heterocycles. The minimum atomic E-state index is -0.289. The summed E-state index contributed by atoms with van der Waals surface area (Å²) in [6, 6.07) is 0.212. The van der Waals surface area contributed by atoms with Crippen molar-refractivity contribution in [3.8, 4) is 0 Å². The average Bonchev–Trinajstić information content (AvgIpc) is 2.04. The van der Waals surface area contributed by atoms with Crippen molar-refractivity contribution in [3.05, 3.63) is 0 Å². The fraction of sp³-hybridized carbons (Fsp3) is 0.889. The molecule has 0 aromatic heterocycles. The largest absolute Gasteiger partial charge is 0.392 e. The Labute approximate surface area is 83.3 Å². The summed E-state index contributed by atoms with van der Waals surface area (Å²) in [4.78, 5) is 10.8. The molecule has 0 radical (unpaired) electrons. The molecule has 3 atom stereocenters. The van der Waals surface area contributed by atoms with Gasteiger partial charge < -0.3 is 10.4 Å². The summed E-state index contributed by atoms with van der Waals surface area (Å²) in [5, 5.41) is 13.1. The van der Waals surface area contributed by atoms with Crippen molar-refractivity contribution in [3.63, 3.8) is 0 Å². The monoisotopic (exact) mass is 203 g/mol. The molecule has 1 heterocycles. The molecule has 1 aliphatic heterocycles. The normalized spacial score (nSPS) is 31.3. The Bertz CT molecular complexity index is 176. The smallest absolute Gasteiger partial charge is 0.186 e. The predicted octanol–water partition coefficient (Wildman–Crippen LogP) is 0.767. The van der Waals surface area contributed by atoms with Gasteiger partial charge in [0.15, 0.2) is 5.12 Å². The Hall–Kier alpha value is -0.0600. The van der Waals surface area contributed by atoms with E-state index < -0.39 is 0 Å². The van der Waals surface area contributed by atoms with Crippen LogP contribution in [0.3, 0.4) is 0 Å². The first kappa shape index (κ1) is 11.0. The third-order valence-electron chi connectivity index (χ3n) is 2.32. The first-order valence-corrected chi connectivity index (χ1v) is 5.56. The van der Waals surface area contributed by atoms with Gasteiger partial charge in [-0.1, -0.05) is 11.8 Å². The van der Waals surface area contributed by atoms with Gasteiger partial charge in [0.25, 0.3) is 0 Å². The molecule has 3 nitrogen and oxygen atoms in total. The molecule has 1 fully saturated rings. The zero-order chi connectivity index (χ0) is 9.84. The fourth-order valence-electron chi connectivity index (χ4n) is 1.60. The second kappa shape index (κ2) is 4.98. The van der Waals surface area contributed by atoms with Crippen molar-refractivity contribution in [2.24, 2.45) is 0 Å². The van der Waals surface area contributed by atoms with Crippen molar-refractivity contribution in [1.29, 1.82) is 0 Å². The van der Waals surface area contributed by atoms with E-state index in [1.807, 2.05) is 0 Å². The van der Waals surface area contributed by atoms with Gasteiger partial charge in [0, 0.05) is 24.8 Å². The Morgan fingerprint density at radius 1 is 1.62 bits per heavy atom. The zero-order valence-corrected chi connectivity index (χ0v) is 8.93. The number of nitrogens with one attached hydrogen (secondary N) is 1. The molecule has 0 bridgehead atoms. The molecule has 0 saturated carbocycles. The average molecular weight is 203 g/mol. The molecule has 3 unspecified atom stereocenters. The molecule has 0 spiro atoms. The van der Waals surface area contributed by atoms with E-state index in [-0.39, 0.29) is 17.3 Å². The molecule has 0 aromatic carbocycles. The summed E-state index contributed by atoms with van der Waals surface area (Å²) < 4.78 is 0. The summed E-state index contributed by atoms with van der Waals surface area (Å²) in [5.74, 6) is 0. The summed E-state index contributed by atoms with van der Waals surface area (Å²) in [5.41, 5.74) is 0. The van der Waals surface area contributed by atoms with Gasteiger partial charge in [-0.25, -0.2) is 0 Å². The Morgan fingerprint density at radius 3 is 2.69 bits per heavy atom. The number of aliphatic hydroxyl groups excluding tert-OH is 1. The summed E-state index contributed by atoms with van der Waals surface area (Å²) in [6.45, 7) is 4.24. The minimum absolute atomic E-state index is 0.183. The van der Waals surface area contributed by atoms with Crippen molar-refractivity contribution in [2.75, 3.05) is 6.54 Å². The molecule has 13 heavy (non-hydrogen) atoms. The summed E-state index contributed by atoms with van der Waals surface area (Å²) in [6.07, 6.45) is 1.69. The first-order valence-electron chi connectivity index (χ1n) is 4.68. The number of carbonyl (C=O) groups excluding carboxylic acids is 1.